The van der Waals surface area contributed by atoms with E-state index in [-0.39, 0.29) is 12.3 Å². The summed E-state index contributed by atoms with van der Waals surface area (Å²) in [5, 5.41) is 11.9. The molecule has 6 heteroatoms. The lowest BCUT2D eigenvalue weighted by Gasteiger charge is -2.13. The summed E-state index contributed by atoms with van der Waals surface area (Å²) in [4.78, 5) is 23.4. The fourth-order valence-electron chi connectivity index (χ4n) is 2.11. The van der Waals surface area contributed by atoms with Crippen molar-refractivity contribution in [2.24, 2.45) is 5.92 Å². The smallest absolute Gasteiger partial charge is 0.308 e. The number of furan rings is 1. The molecule has 5 nitrogen and oxygen atoms in total. The molecule has 2 rings (SSSR count). The van der Waals surface area contributed by atoms with E-state index in [0.29, 0.717) is 16.7 Å². The Morgan fingerprint density at radius 2 is 2.00 bits per heavy atom. The Hall–Kier alpha value is -2.08. The monoisotopic (exact) mass is 365 g/mol. The average Bonchev–Trinajstić information content (AvgIpc) is 2.82. The van der Waals surface area contributed by atoms with Crippen LogP contribution in [0, 0.1) is 12.8 Å². The average molecular weight is 366 g/mol. The van der Waals surface area contributed by atoms with E-state index in [1.165, 1.54) is 0 Å². The first-order valence-electron chi connectivity index (χ1n) is 6.78. The molecule has 22 heavy (non-hydrogen) atoms. The molecule has 0 spiro atoms. The van der Waals surface area contributed by atoms with Gasteiger partial charge in [0, 0.05) is 12.1 Å². The maximum atomic E-state index is 12.0. The summed E-state index contributed by atoms with van der Waals surface area (Å²) in [5.41, 5.74) is 1.61. The molecule has 116 valence electrons. The van der Waals surface area contributed by atoms with Crippen LogP contribution in [0.2, 0.25) is 0 Å². The lowest BCUT2D eigenvalue weighted by Crippen LogP contribution is -2.34. The Kier molecular flexibility index (Phi) is 5.38. The standard InChI is InChI=1S/C16H16BrNO4/c1-10-7-13(17)22-14(10)15(19)18-9-12(16(20)21)8-11-5-3-2-4-6-11/h2-7,12H,8-9H2,1H3,(H,18,19)(H,20,21). The van der Waals surface area contributed by atoms with Gasteiger partial charge in [-0.2, -0.15) is 0 Å². The molecular weight excluding hydrogens is 350 g/mol. The van der Waals surface area contributed by atoms with Crippen molar-refractivity contribution < 1.29 is 19.1 Å². The molecule has 2 aromatic rings. The van der Waals surface area contributed by atoms with Crippen LogP contribution in [0.4, 0.5) is 0 Å². The Bertz CT molecular complexity index is 666. The van der Waals surface area contributed by atoms with Gasteiger partial charge in [-0.3, -0.25) is 9.59 Å². The zero-order valence-corrected chi connectivity index (χ0v) is 13.6. The molecule has 1 aromatic heterocycles. The molecule has 0 saturated heterocycles. The van der Waals surface area contributed by atoms with E-state index in [0.717, 1.165) is 5.56 Å². The second-order valence-electron chi connectivity index (χ2n) is 5.00. The molecule has 0 fully saturated rings. The van der Waals surface area contributed by atoms with E-state index in [1.54, 1.807) is 13.0 Å². The summed E-state index contributed by atoms with van der Waals surface area (Å²) in [6.07, 6.45) is 0.358. The van der Waals surface area contributed by atoms with Crippen LogP contribution in [0.1, 0.15) is 21.7 Å². The van der Waals surface area contributed by atoms with E-state index in [2.05, 4.69) is 21.2 Å². The third-order valence-electron chi connectivity index (χ3n) is 3.28. The minimum absolute atomic E-state index is 0.0425. The first kappa shape index (κ1) is 16.3. The van der Waals surface area contributed by atoms with Gasteiger partial charge >= 0.3 is 5.97 Å². The van der Waals surface area contributed by atoms with Crippen LogP contribution in [0.5, 0.6) is 0 Å². The van der Waals surface area contributed by atoms with Gasteiger partial charge in [0.25, 0.3) is 5.91 Å². The number of benzene rings is 1. The number of amides is 1. The molecule has 0 saturated carbocycles. The second-order valence-corrected chi connectivity index (χ2v) is 5.78. The highest BCUT2D eigenvalue weighted by atomic mass is 79.9. The summed E-state index contributed by atoms with van der Waals surface area (Å²) in [7, 11) is 0. The Morgan fingerprint density at radius 1 is 1.32 bits per heavy atom. The topological polar surface area (TPSA) is 79.5 Å². The Morgan fingerprint density at radius 3 is 2.55 bits per heavy atom. The maximum Gasteiger partial charge on any atom is 0.308 e. The van der Waals surface area contributed by atoms with Crippen molar-refractivity contribution in [1.29, 1.82) is 0 Å². The molecule has 0 aliphatic carbocycles. The largest absolute Gasteiger partial charge is 0.481 e. The van der Waals surface area contributed by atoms with Crippen molar-refractivity contribution in [2.75, 3.05) is 6.54 Å². The summed E-state index contributed by atoms with van der Waals surface area (Å²) < 4.78 is 5.71. The fourth-order valence-corrected chi connectivity index (χ4v) is 2.62. The van der Waals surface area contributed by atoms with Gasteiger partial charge in [0.1, 0.15) is 0 Å². The molecule has 1 unspecified atom stereocenters. The SMILES string of the molecule is Cc1cc(Br)oc1C(=O)NCC(Cc1ccccc1)C(=O)O. The minimum Gasteiger partial charge on any atom is -0.481 e. The first-order chi connectivity index (χ1) is 10.5. The lowest BCUT2D eigenvalue weighted by atomic mass is 9.99. The van der Waals surface area contributed by atoms with Crippen LogP contribution < -0.4 is 5.32 Å². The molecule has 1 amide bonds. The van der Waals surface area contributed by atoms with Crippen LogP contribution in [-0.2, 0) is 11.2 Å². The van der Waals surface area contributed by atoms with Gasteiger partial charge in [0.15, 0.2) is 10.4 Å². The number of aryl methyl sites for hydroxylation is 1. The van der Waals surface area contributed by atoms with E-state index in [1.807, 2.05) is 30.3 Å². The van der Waals surface area contributed by atoms with Crippen molar-refractivity contribution in [3.8, 4) is 0 Å². The number of aliphatic carboxylic acids is 1. The zero-order valence-electron chi connectivity index (χ0n) is 12.0. The molecule has 0 aliphatic heterocycles. The van der Waals surface area contributed by atoms with Gasteiger partial charge in [-0.25, -0.2) is 0 Å². The normalized spacial score (nSPS) is 11.9. The number of carbonyl (C=O) groups is 2. The van der Waals surface area contributed by atoms with Gasteiger partial charge in [-0.15, -0.1) is 0 Å². The molecule has 0 aliphatic rings. The molecule has 1 aromatic carbocycles. The highest BCUT2D eigenvalue weighted by Crippen LogP contribution is 2.19. The molecule has 0 radical (unpaired) electrons. The summed E-state index contributed by atoms with van der Waals surface area (Å²) in [6, 6.07) is 11.0. The molecule has 1 heterocycles. The number of rotatable bonds is 6. The van der Waals surface area contributed by atoms with Crippen molar-refractivity contribution in [3.05, 3.63) is 58.0 Å². The summed E-state index contributed by atoms with van der Waals surface area (Å²) in [5.74, 6) is -1.86. The van der Waals surface area contributed by atoms with E-state index >= 15 is 0 Å². The number of carboxylic acid groups (broad SMARTS) is 1. The van der Waals surface area contributed by atoms with E-state index in [9.17, 15) is 14.7 Å². The van der Waals surface area contributed by atoms with Crippen molar-refractivity contribution in [3.63, 3.8) is 0 Å². The van der Waals surface area contributed by atoms with Crippen LogP contribution in [0.15, 0.2) is 45.5 Å². The van der Waals surface area contributed by atoms with Crippen LogP contribution in [0.25, 0.3) is 0 Å². The molecule has 2 N–H and O–H groups in total. The highest BCUT2D eigenvalue weighted by Gasteiger charge is 2.21. The number of halogens is 1. The van der Waals surface area contributed by atoms with Gasteiger partial charge in [-0.05, 0) is 40.9 Å². The second kappa shape index (κ2) is 7.26. The van der Waals surface area contributed by atoms with Crippen molar-refractivity contribution in [1.82, 2.24) is 5.32 Å². The van der Waals surface area contributed by atoms with Gasteiger partial charge in [0.05, 0.1) is 5.92 Å². The number of hydrogen-bond donors (Lipinski definition) is 2. The third-order valence-corrected chi connectivity index (χ3v) is 3.67. The molecular formula is C16H16BrNO4. The minimum atomic E-state index is -0.943. The summed E-state index contributed by atoms with van der Waals surface area (Å²) >= 11 is 3.16. The molecule has 0 bridgehead atoms. The van der Waals surface area contributed by atoms with Gasteiger partial charge in [-0.1, -0.05) is 30.3 Å². The number of nitrogens with one attached hydrogen (secondary N) is 1. The third kappa shape index (κ3) is 4.21. The number of carboxylic acids is 1. The van der Waals surface area contributed by atoms with Gasteiger partial charge in [0.2, 0.25) is 0 Å². The first-order valence-corrected chi connectivity index (χ1v) is 7.57. The van der Waals surface area contributed by atoms with Crippen molar-refractivity contribution >= 4 is 27.8 Å². The van der Waals surface area contributed by atoms with Gasteiger partial charge < -0.3 is 14.8 Å². The number of carbonyl (C=O) groups excluding carboxylic acids is 1. The van der Waals surface area contributed by atoms with Crippen molar-refractivity contribution in [2.45, 2.75) is 13.3 Å². The zero-order chi connectivity index (χ0) is 16.1. The number of hydrogen-bond acceptors (Lipinski definition) is 3. The highest BCUT2D eigenvalue weighted by molar-refractivity contribution is 9.10. The molecule has 1 atom stereocenters. The Labute approximate surface area is 136 Å². The predicted octanol–water partition coefficient (Wildman–Crippen LogP) is 3.02. The predicted molar refractivity (Wildman–Crippen MR) is 84.8 cm³/mol. The van der Waals surface area contributed by atoms with Crippen LogP contribution in [0.3, 0.4) is 0 Å². The fraction of sp³-hybridized carbons (Fsp3) is 0.250. The van der Waals surface area contributed by atoms with Crippen LogP contribution in [-0.4, -0.2) is 23.5 Å². The Balaban J connectivity index is 1.99. The quantitative estimate of drug-likeness (QED) is 0.824. The van der Waals surface area contributed by atoms with E-state index < -0.39 is 17.8 Å². The lowest BCUT2D eigenvalue weighted by molar-refractivity contribution is -0.141. The summed E-state index contributed by atoms with van der Waals surface area (Å²) in [6.45, 7) is 1.79. The van der Waals surface area contributed by atoms with E-state index in [4.69, 9.17) is 4.42 Å². The maximum absolute atomic E-state index is 12.0. The van der Waals surface area contributed by atoms with Crippen LogP contribution >= 0.6 is 15.9 Å².